The number of nitrogens with zero attached hydrogens (tertiary/aromatic N) is 6. The minimum Gasteiger partial charge on any atom is -0.238 e. The molecule has 0 fully saturated rings. The lowest BCUT2D eigenvalue weighted by atomic mass is 9.88. The number of aryl methyl sites for hydroxylation is 1. The molecular formula is C38H15F3N6. The summed E-state index contributed by atoms with van der Waals surface area (Å²) >= 11 is 0. The van der Waals surface area contributed by atoms with Crippen molar-refractivity contribution >= 4 is 28.0 Å². The minimum absolute atomic E-state index is 0.196. The number of rotatable bonds is 2. The van der Waals surface area contributed by atoms with Gasteiger partial charge < -0.3 is 0 Å². The second-order valence-electron chi connectivity index (χ2n) is 10.6. The molecule has 0 N–H and O–H groups in total. The fourth-order valence-corrected chi connectivity index (χ4v) is 6.09. The van der Waals surface area contributed by atoms with E-state index in [1.54, 1.807) is 36.4 Å². The Hall–Kier alpha value is -7.17. The van der Waals surface area contributed by atoms with E-state index >= 15 is 0 Å². The van der Waals surface area contributed by atoms with E-state index < -0.39 is 17.3 Å². The average Bonchev–Trinajstić information content (AvgIpc) is 3.57. The number of hydrogen-bond donors (Lipinski definition) is 0. The number of allylic oxidation sites excluding steroid dienone is 6. The van der Waals surface area contributed by atoms with Gasteiger partial charge in [-0.25, -0.2) is 25.1 Å². The van der Waals surface area contributed by atoms with E-state index in [0.29, 0.717) is 55.8 Å². The first-order chi connectivity index (χ1) is 22.6. The number of nitriles is 3. The molecule has 0 spiro atoms. The highest BCUT2D eigenvalue weighted by atomic mass is 19.4. The summed E-state index contributed by atoms with van der Waals surface area (Å²) < 4.78 is 40.4. The summed E-state index contributed by atoms with van der Waals surface area (Å²) in [4.78, 5) is 10.6. The molecule has 0 bridgehead atoms. The third-order valence-electron chi connectivity index (χ3n) is 8.22. The molecule has 0 unspecified atom stereocenters. The highest BCUT2D eigenvalue weighted by molar-refractivity contribution is 6.37. The van der Waals surface area contributed by atoms with Gasteiger partial charge in [-0.05, 0) is 98.5 Å². The second kappa shape index (κ2) is 11.1. The highest BCUT2D eigenvalue weighted by Crippen LogP contribution is 2.60. The molecule has 9 heteroatoms. The molecule has 6 rings (SSSR count). The molecule has 4 aromatic rings. The molecule has 218 valence electrons. The molecule has 6 nitrogen and oxygen atoms in total. The van der Waals surface area contributed by atoms with Crippen LogP contribution in [0.3, 0.4) is 0 Å². The Labute approximate surface area is 267 Å². The zero-order valence-electron chi connectivity index (χ0n) is 24.2. The fraction of sp³-hybridized carbons (Fsp3) is 0.0526. The summed E-state index contributed by atoms with van der Waals surface area (Å²) in [7, 11) is 0. The second-order valence-corrected chi connectivity index (χ2v) is 10.6. The predicted octanol–water partition coefficient (Wildman–Crippen LogP) is 10.0. The summed E-state index contributed by atoms with van der Waals surface area (Å²) in [5.41, 5.74) is 5.24. The average molecular weight is 613 g/mol. The van der Waals surface area contributed by atoms with Crippen LogP contribution in [0.15, 0.2) is 84.2 Å². The van der Waals surface area contributed by atoms with Crippen LogP contribution in [0.1, 0.15) is 38.9 Å². The van der Waals surface area contributed by atoms with Gasteiger partial charge in [-0.1, -0.05) is 42.5 Å². The molecule has 0 atom stereocenters. The predicted molar refractivity (Wildman–Crippen MR) is 170 cm³/mol. The first kappa shape index (κ1) is 29.9. The van der Waals surface area contributed by atoms with Gasteiger partial charge in [0.2, 0.25) is 0 Å². The van der Waals surface area contributed by atoms with Gasteiger partial charge in [-0.15, -0.1) is 0 Å². The zero-order chi connectivity index (χ0) is 33.6. The highest BCUT2D eigenvalue weighted by Gasteiger charge is 2.40. The van der Waals surface area contributed by atoms with Gasteiger partial charge in [0.15, 0.2) is 5.69 Å². The van der Waals surface area contributed by atoms with Gasteiger partial charge in [-0.2, -0.15) is 18.4 Å². The van der Waals surface area contributed by atoms with E-state index in [9.17, 15) is 29.0 Å². The number of fused-ring (bicyclic) bond motifs is 4. The van der Waals surface area contributed by atoms with Crippen LogP contribution in [-0.2, 0) is 6.18 Å². The quantitative estimate of drug-likeness (QED) is 0.167. The molecule has 0 saturated heterocycles. The van der Waals surface area contributed by atoms with E-state index in [1.165, 1.54) is 6.07 Å². The normalized spacial score (nSPS) is 14.7. The van der Waals surface area contributed by atoms with Gasteiger partial charge in [0.1, 0.15) is 0 Å². The lowest BCUT2D eigenvalue weighted by Gasteiger charge is -2.16. The molecule has 2 aliphatic carbocycles. The van der Waals surface area contributed by atoms with Crippen LogP contribution in [0.2, 0.25) is 0 Å². The number of hydrogen-bond acceptors (Lipinski definition) is 3. The zero-order valence-corrected chi connectivity index (χ0v) is 24.2. The number of halogens is 3. The van der Waals surface area contributed by atoms with Crippen molar-refractivity contribution in [3.63, 3.8) is 0 Å². The molecule has 0 aromatic heterocycles. The van der Waals surface area contributed by atoms with Crippen LogP contribution in [0.25, 0.3) is 59.1 Å². The fourth-order valence-electron chi connectivity index (χ4n) is 6.09. The maximum absolute atomic E-state index is 13.5. The van der Waals surface area contributed by atoms with Crippen LogP contribution < -0.4 is 0 Å². The standard InChI is InChI=1S/C38H15F3N6/c1-20-5-6-24(16-31(20)45-2)23-8-11-27-29(15-23)35(33(19-44)47-4)36-26-10-7-22(14-28(26)34(37(27)36)32(18-43)46-3)21-9-12-30(38(39,40)41)25(13-21)17-42/h5-16H,1H3/b34-32-,35-33+. The van der Waals surface area contributed by atoms with E-state index in [4.69, 9.17) is 19.7 Å². The van der Waals surface area contributed by atoms with Crippen LogP contribution in [0, 0.1) is 60.6 Å². The van der Waals surface area contributed by atoms with Crippen molar-refractivity contribution in [2.75, 3.05) is 0 Å². The van der Waals surface area contributed by atoms with Crippen molar-refractivity contribution in [2.45, 2.75) is 13.1 Å². The number of benzene rings is 4. The van der Waals surface area contributed by atoms with Crippen molar-refractivity contribution < 1.29 is 13.2 Å². The first-order valence-corrected chi connectivity index (χ1v) is 13.8. The maximum Gasteiger partial charge on any atom is 0.417 e. The van der Waals surface area contributed by atoms with Crippen molar-refractivity contribution in [1.82, 2.24) is 0 Å². The lowest BCUT2D eigenvalue weighted by Crippen LogP contribution is -2.07. The van der Waals surface area contributed by atoms with Crippen LogP contribution in [-0.4, -0.2) is 0 Å². The molecule has 0 radical (unpaired) electrons. The third-order valence-corrected chi connectivity index (χ3v) is 8.22. The Morgan fingerprint density at radius 3 is 1.55 bits per heavy atom. The SMILES string of the molecule is [C-]#[N+]/C(C#N)=C1C2=C(/C(=C(\C#N)[N+]#[C-])c3cc(-c4ccc(C)c([N+]#[C-])c4)ccc32)c2ccc(-c3ccc(C(F)(F)F)c(C#N)c3)cc2\1. The van der Waals surface area contributed by atoms with E-state index in [-0.39, 0.29) is 17.0 Å². The minimum atomic E-state index is -4.71. The summed E-state index contributed by atoms with van der Waals surface area (Å²) in [6.45, 7) is 25.0. The van der Waals surface area contributed by atoms with E-state index in [2.05, 4.69) is 14.5 Å². The summed E-state index contributed by atoms with van der Waals surface area (Å²) in [5.74, 6) is 0. The van der Waals surface area contributed by atoms with Gasteiger partial charge >= 0.3 is 6.18 Å². The van der Waals surface area contributed by atoms with E-state index in [1.807, 2.05) is 43.3 Å². The van der Waals surface area contributed by atoms with Crippen molar-refractivity contribution in [3.05, 3.63) is 157 Å². The first-order valence-electron chi connectivity index (χ1n) is 13.8. The van der Waals surface area contributed by atoms with Gasteiger partial charge in [0.25, 0.3) is 11.4 Å². The van der Waals surface area contributed by atoms with Gasteiger partial charge in [0, 0.05) is 11.1 Å². The van der Waals surface area contributed by atoms with Crippen molar-refractivity contribution in [3.8, 4) is 40.5 Å². The Morgan fingerprint density at radius 1 is 0.638 bits per heavy atom. The van der Waals surface area contributed by atoms with E-state index in [0.717, 1.165) is 28.8 Å². The number of alkyl halides is 3. The monoisotopic (exact) mass is 612 g/mol. The molecule has 4 aromatic carbocycles. The molecule has 2 aliphatic rings. The lowest BCUT2D eigenvalue weighted by molar-refractivity contribution is -0.137. The smallest absolute Gasteiger partial charge is 0.238 e. The molecular weight excluding hydrogens is 597 g/mol. The van der Waals surface area contributed by atoms with Crippen LogP contribution in [0.5, 0.6) is 0 Å². The molecule has 0 heterocycles. The Morgan fingerprint density at radius 2 is 1.11 bits per heavy atom. The van der Waals surface area contributed by atoms with Gasteiger partial charge in [0.05, 0.1) is 49.1 Å². The largest absolute Gasteiger partial charge is 0.417 e. The molecule has 0 amide bonds. The molecule has 0 aliphatic heterocycles. The van der Waals surface area contributed by atoms with Gasteiger partial charge in [-0.3, -0.25) is 0 Å². The summed E-state index contributed by atoms with van der Waals surface area (Å²) in [5, 5.41) is 29.6. The summed E-state index contributed by atoms with van der Waals surface area (Å²) in [6.07, 6.45) is -4.71. The van der Waals surface area contributed by atoms with Crippen LogP contribution in [0.4, 0.5) is 18.9 Å². The van der Waals surface area contributed by atoms with Crippen molar-refractivity contribution in [1.29, 1.82) is 15.8 Å². The Balaban J connectivity index is 1.60. The molecule has 0 saturated carbocycles. The summed E-state index contributed by atoms with van der Waals surface area (Å²) in [6, 6.07) is 24.7. The Bertz CT molecular complexity index is 2440. The topological polar surface area (TPSA) is 84.4 Å². The molecule has 47 heavy (non-hydrogen) atoms. The third kappa shape index (κ3) is 4.62. The maximum atomic E-state index is 13.5. The Kier molecular flexibility index (Phi) is 7.04. The van der Waals surface area contributed by atoms with Crippen molar-refractivity contribution in [2.24, 2.45) is 0 Å². The van der Waals surface area contributed by atoms with Crippen LogP contribution >= 0.6 is 0 Å².